The van der Waals surface area contributed by atoms with Gasteiger partial charge in [-0.15, -0.1) is 0 Å². The highest BCUT2D eigenvalue weighted by Gasteiger charge is 2.28. The lowest BCUT2D eigenvalue weighted by Crippen LogP contribution is -2.42. The molecule has 0 saturated heterocycles. The lowest BCUT2D eigenvalue weighted by Gasteiger charge is -2.19. The van der Waals surface area contributed by atoms with Gasteiger partial charge in [-0.1, -0.05) is 66.2 Å². The van der Waals surface area contributed by atoms with Gasteiger partial charge in [-0.05, 0) is 38.7 Å². The molecule has 0 aliphatic rings. The van der Waals surface area contributed by atoms with Crippen LogP contribution in [0.4, 0.5) is 0 Å². The zero-order valence-corrected chi connectivity index (χ0v) is 19.7. The van der Waals surface area contributed by atoms with Gasteiger partial charge in [-0.25, -0.2) is 4.79 Å². The Balaban J connectivity index is 1.84. The number of benzene rings is 3. The van der Waals surface area contributed by atoms with Crippen LogP contribution in [0.15, 0.2) is 65.1 Å². The number of carboxylic acid groups (broad SMARTS) is 1. The zero-order valence-electron chi connectivity index (χ0n) is 17.4. The zero-order chi connectivity index (χ0) is 23.3. The van der Waals surface area contributed by atoms with Crippen LogP contribution in [0.3, 0.4) is 0 Å². The van der Waals surface area contributed by atoms with Crippen molar-refractivity contribution in [3.8, 4) is 22.6 Å². The maximum Gasteiger partial charge on any atom is 0.326 e. The predicted molar refractivity (Wildman–Crippen MR) is 127 cm³/mol. The lowest BCUT2D eigenvalue weighted by molar-refractivity contribution is -0.139. The molecular formula is C24H21BrClNO5. The van der Waals surface area contributed by atoms with E-state index in [1.54, 1.807) is 6.07 Å². The Morgan fingerprint density at radius 2 is 1.59 bits per heavy atom. The van der Waals surface area contributed by atoms with Gasteiger partial charge in [0.25, 0.3) is 5.91 Å². The quantitative estimate of drug-likeness (QED) is 0.427. The molecule has 0 radical (unpaired) electrons. The molecule has 3 aromatic carbocycles. The molecule has 8 heteroatoms. The molecule has 0 aliphatic heterocycles. The molecule has 6 nitrogen and oxygen atoms in total. The van der Waals surface area contributed by atoms with Crippen LogP contribution in [0.1, 0.15) is 15.9 Å². The molecule has 0 saturated carbocycles. The Hall–Kier alpha value is -3.03. The van der Waals surface area contributed by atoms with E-state index in [0.29, 0.717) is 4.47 Å². The van der Waals surface area contributed by atoms with Crippen LogP contribution in [0, 0.1) is 0 Å². The maximum absolute atomic E-state index is 13.0. The summed E-state index contributed by atoms with van der Waals surface area (Å²) in [5.74, 6) is -1.54. The van der Waals surface area contributed by atoms with Crippen LogP contribution >= 0.6 is 27.5 Å². The van der Waals surface area contributed by atoms with Gasteiger partial charge in [-0.3, -0.25) is 4.79 Å². The number of carboxylic acids is 1. The van der Waals surface area contributed by atoms with Crippen molar-refractivity contribution in [1.82, 2.24) is 5.32 Å². The summed E-state index contributed by atoms with van der Waals surface area (Å²) < 4.78 is 11.0. The fourth-order valence-electron chi connectivity index (χ4n) is 3.32. The summed E-state index contributed by atoms with van der Waals surface area (Å²) in [6, 6.07) is 17.8. The summed E-state index contributed by atoms with van der Waals surface area (Å²) in [5.41, 5.74) is 2.86. The van der Waals surface area contributed by atoms with Crippen molar-refractivity contribution < 1.29 is 24.2 Å². The van der Waals surface area contributed by atoms with Gasteiger partial charge in [-0.2, -0.15) is 0 Å². The molecular weight excluding hydrogens is 498 g/mol. The number of hydrogen-bond acceptors (Lipinski definition) is 4. The Bertz CT molecular complexity index is 1090. The van der Waals surface area contributed by atoms with E-state index in [0.717, 1.165) is 16.7 Å². The third kappa shape index (κ3) is 5.23. The van der Waals surface area contributed by atoms with Crippen LogP contribution in [0.5, 0.6) is 11.5 Å². The minimum atomic E-state index is -1.17. The fraction of sp³-hybridized carbons (Fsp3) is 0.167. The highest BCUT2D eigenvalue weighted by Crippen LogP contribution is 2.41. The van der Waals surface area contributed by atoms with Gasteiger partial charge < -0.3 is 19.9 Å². The molecule has 0 heterocycles. The minimum absolute atomic E-state index is 0.0139. The van der Waals surface area contributed by atoms with Crippen LogP contribution in [-0.4, -0.2) is 37.2 Å². The van der Waals surface area contributed by atoms with E-state index in [-0.39, 0.29) is 28.5 Å². The summed E-state index contributed by atoms with van der Waals surface area (Å²) in [5, 5.41) is 12.5. The first-order valence-electron chi connectivity index (χ1n) is 9.63. The molecule has 0 aromatic heterocycles. The molecule has 3 rings (SSSR count). The third-order valence-electron chi connectivity index (χ3n) is 4.88. The van der Waals surface area contributed by atoms with Crippen molar-refractivity contribution in [3.05, 3.63) is 81.3 Å². The average molecular weight is 519 g/mol. The first-order chi connectivity index (χ1) is 15.3. The monoisotopic (exact) mass is 517 g/mol. The summed E-state index contributed by atoms with van der Waals surface area (Å²) >= 11 is 9.50. The fourth-order valence-corrected chi connectivity index (χ4v) is 4.32. The number of carbonyl (C=O) groups is 2. The maximum atomic E-state index is 13.0. The van der Waals surface area contributed by atoms with E-state index in [1.807, 2.05) is 54.6 Å². The van der Waals surface area contributed by atoms with Gasteiger partial charge in [0.05, 0.1) is 23.7 Å². The topological polar surface area (TPSA) is 84.9 Å². The molecule has 1 amide bonds. The predicted octanol–water partition coefficient (Wildman–Crippen LogP) is 5.21. The highest BCUT2D eigenvalue weighted by molar-refractivity contribution is 9.10. The second-order valence-electron chi connectivity index (χ2n) is 6.91. The van der Waals surface area contributed by atoms with E-state index < -0.39 is 17.9 Å². The molecule has 3 aromatic rings. The highest BCUT2D eigenvalue weighted by atomic mass is 79.9. The van der Waals surface area contributed by atoms with E-state index in [9.17, 15) is 14.7 Å². The summed E-state index contributed by atoms with van der Waals surface area (Å²) in [6.45, 7) is 0. The largest absolute Gasteiger partial charge is 0.495 e. The minimum Gasteiger partial charge on any atom is -0.495 e. The van der Waals surface area contributed by atoms with Gasteiger partial charge >= 0.3 is 5.97 Å². The summed E-state index contributed by atoms with van der Waals surface area (Å²) in [6.07, 6.45) is 0.0997. The molecule has 0 fully saturated rings. The second-order valence-corrected chi connectivity index (χ2v) is 8.17. The molecule has 1 unspecified atom stereocenters. The van der Waals surface area contributed by atoms with Crippen molar-refractivity contribution in [3.63, 3.8) is 0 Å². The number of nitrogens with one attached hydrogen (secondary N) is 1. The number of carbonyl (C=O) groups excluding carboxylic acids is 1. The van der Waals surface area contributed by atoms with E-state index in [4.69, 9.17) is 21.1 Å². The molecule has 32 heavy (non-hydrogen) atoms. The van der Waals surface area contributed by atoms with E-state index in [2.05, 4.69) is 21.2 Å². The number of methoxy groups -OCH3 is 2. The van der Waals surface area contributed by atoms with Crippen LogP contribution in [0.2, 0.25) is 5.02 Å². The van der Waals surface area contributed by atoms with Crippen molar-refractivity contribution in [2.75, 3.05) is 14.2 Å². The van der Waals surface area contributed by atoms with Crippen molar-refractivity contribution >= 4 is 39.4 Å². The SMILES string of the molecule is COc1c(Cl)cc(Br)c(OC)c1C(=O)NC(Cc1ccc(-c2ccccc2)cc1)C(=O)O. The number of hydrogen-bond donors (Lipinski definition) is 2. The number of aliphatic carboxylic acids is 1. The van der Waals surface area contributed by atoms with Gasteiger partial charge in [0.2, 0.25) is 0 Å². The molecule has 1 atom stereocenters. The van der Waals surface area contributed by atoms with Crippen LogP contribution in [-0.2, 0) is 11.2 Å². The molecule has 166 valence electrons. The Morgan fingerprint density at radius 3 is 2.16 bits per heavy atom. The number of amides is 1. The van der Waals surface area contributed by atoms with Crippen LogP contribution < -0.4 is 14.8 Å². The number of rotatable bonds is 8. The smallest absolute Gasteiger partial charge is 0.326 e. The standard InChI is InChI=1S/C24H21BrClNO5/c1-31-21-17(25)13-18(26)22(32-2)20(21)23(28)27-19(24(29)30)12-14-8-10-16(11-9-14)15-6-4-3-5-7-15/h3-11,13,19H,12H2,1-2H3,(H,27,28)(H,29,30). The summed E-state index contributed by atoms with van der Waals surface area (Å²) in [7, 11) is 2.77. The summed E-state index contributed by atoms with van der Waals surface area (Å²) in [4.78, 5) is 24.9. The van der Waals surface area contributed by atoms with E-state index >= 15 is 0 Å². The van der Waals surface area contributed by atoms with Crippen molar-refractivity contribution in [2.24, 2.45) is 0 Å². The Kier molecular flexibility index (Phi) is 7.77. The van der Waals surface area contributed by atoms with Gasteiger partial charge in [0.15, 0.2) is 5.75 Å². The lowest BCUT2D eigenvalue weighted by atomic mass is 10.0. The molecule has 2 N–H and O–H groups in total. The Labute approximate surface area is 199 Å². The molecule has 0 bridgehead atoms. The van der Waals surface area contributed by atoms with Gasteiger partial charge in [0, 0.05) is 6.42 Å². The molecule has 0 aliphatic carbocycles. The average Bonchev–Trinajstić information content (AvgIpc) is 2.79. The van der Waals surface area contributed by atoms with E-state index in [1.165, 1.54) is 14.2 Å². The van der Waals surface area contributed by atoms with Crippen molar-refractivity contribution in [2.45, 2.75) is 12.5 Å². The Morgan fingerprint density at radius 1 is 1.00 bits per heavy atom. The normalized spacial score (nSPS) is 11.5. The first-order valence-corrected chi connectivity index (χ1v) is 10.8. The first kappa shape index (κ1) is 23.6. The van der Waals surface area contributed by atoms with Crippen molar-refractivity contribution in [1.29, 1.82) is 0 Å². The van der Waals surface area contributed by atoms with Gasteiger partial charge in [0.1, 0.15) is 17.4 Å². The number of halogens is 2. The molecule has 0 spiro atoms. The third-order valence-corrected chi connectivity index (χ3v) is 5.75. The number of ether oxygens (including phenoxy) is 2. The second kappa shape index (κ2) is 10.5. The van der Waals surface area contributed by atoms with Crippen LogP contribution in [0.25, 0.3) is 11.1 Å².